The van der Waals surface area contributed by atoms with Crippen LogP contribution in [0, 0.1) is 17.2 Å². The Morgan fingerprint density at radius 3 is 2.10 bits per heavy atom. The standard InChI is InChI=1S/C13H12F6N2/c14-11(10(12(15)16)13(17,18)19)9(6-20)21-7-8-4-2-1-3-5-8/h1-5,9-12,21H,7H2. The number of hydrogen-bond donors (Lipinski definition) is 1. The van der Waals surface area contributed by atoms with Crippen LogP contribution in [-0.4, -0.2) is 24.8 Å². The van der Waals surface area contributed by atoms with Gasteiger partial charge in [-0.25, -0.2) is 13.2 Å². The molecule has 1 aromatic carbocycles. The summed E-state index contributed by atoms with van der Waals surface area (Å²) in [5, 5.41) is 10.9. The Bertz CT molecular complexity index is 468. The molecule has 0 aliphatic heterocycles. The molecular formula is C13H12F6N2. The Balaban J connectivity index is 2.76. The Morgan fingerprint density at radius 2 is 1.67 bits per heavy atom. The maximum atomic E-state index is 13.7. The summed E-state index contributed by atoms with van der Waals surface area (Å²) >= 11 is 0. The lowest BCUT2D eigenvalue weighted by atomic mass is 9.97. The molecule has 1 N–H and O–H groups in total. The summed E-state index contributed by atoms with van der Waals surface area (Å²) in [7, 11) is 0. The van der Waals surface area contributed by atoms with Crippen LogP contribution in [0.2, 0.25) is 0 Å². The van der Waals surface area contributed by atoms with Crippen LogP contribution in [0.5, 0.6) is 0 Å². The fraction of sp³-hybridized carbons (Fsp3) is 0.462. The smallest absolute Gasteiger partial charge is 0.295 e. The van der Waals surface area contributed by atoms with Gasteiger partial charge in [0, 0.05) is 6.54 Å². The van der Waals surface area contributed by atoms with Crippen molar-refractivity contribution in [2.24, 2.45) is 5.92 Å². The van der Waals surface area contributed by atoms with Crippen molar-refractivity contribution in [1.29, 1.82) is 5.26 Å². The minimum absolute atomic E-state index is 0.104. The number of rotatable bonds is 6. The van der Waals surface area contributed by atoms with Crippen molar-refractivity contribution in [2.75, 3.05) is 0 Å². The van der Waals surface area contributed by atoms with Gasteiger partial charge in [-0.2, -0.15) is 18.4 Å². The van der Waals surface area contributed by atoms with Crippen molar-refractivity contribution < 1.29 is 26.3 Å². The molecule has 0 amide bonds. The molecule has 0 aliphatic rings. The third-order valence-electron chi connectivity index (χ3n) is 2.82. The van der Waals surface area contributed by atoms with Crippen LogP contribution >= 0.6 is 0 Å². The van der Waals surface area contributed by atoms with Crippen molar-refractivity contribution in [2.45, 2.75) is 31.4 Å². The van der Waals surface area contributed by atoms with E-state index in [1.165, 1.54) is 6.07 Å². The largest absolute Gasteiger partial charge is 0.400 e. The molecule has 0 aliphatic carbocycles. The molecule has 0 saturated heterocycles. The fourth-order valence-corrected chi connectivity index (χ4v) is 1.72. The van der Waals surface area contributed by atoms with Gasteiger partial charge in [0.15, 0.2) is 0 Å². The topological polar surface area (TPSA) is 35.8 Å². The van der Waals surface area contributed by atoms with Crippen LogP contribution in [-0.2, 0) is 6.54 Å². The summed E-state index contributed by atoms with van der Waals surface area (Å²) in [6.07, 6.45) is -12.4. The Morgan fingerprint density at radius 1 is 1.10 bits per heavy atom. The molecule has 1 rings (SSSR count). The molecular weight excluding hydrogens is 298 g/mol. The summed E-state index contributed by atoms with van der Waals surface area (Å²) < 4.78 is 75.8. The number of halogens is 6. The average molecular weight is 310 g/mol. The van der Waals surface area contributed by atoms with Crippen LogP contribution in [0.4, 0.5) is 26.3 Å². The highest BCUT2D eigenvalue weighted by Crippen LogP contribution is 2.36. The molecule has 0 heterocycles. The zero-order valence-corrected chi connectivity index (χ0v) is 10.6. The molecule has 21 heavy (non-hydrogen) atoms. The zero-order valence-electron chi connectivity index (χ0n) is 10.6. The summed E-state index contributed by atoms with van der Waals surface area (Å²) in [5.74, 6) is -3.49. The first-order valence-electron chi connectivity index (χ1n) is 5.93. The molecule has 8 heteroatoms. The third kappa shape index (κ3) is 4.93. The van der Waals surface area contributed by atoms with Gasteiger partial charge in [-0.15, -0.1) is 0 Å². The third-order valence-corrected chi connectivity index (χ3v) is 2.82. The average Bonchev–Trinajstić information content (AvgIpc) is 2.38. The van der Waals surface area contributed by atoms with Crippen molar-refractivity contribution in [1.82, 2.24) is 5.32 Å². The lowest BCUT2D eigenvalue weighted by Gasteiger charge is -2.26. The molecule has 0 fully saturated rings. The first-order chi connectivity index (χ1) is 9.77. The highest BCUT2D eigenvalue weighted by atomic mass is 19.4. The lowest BCUT2D eigenvalue weighted by Crippen LogP contribution is -2.47. The summed E-state index contributed by atoms with van der Waals surface area (Å²) in [6, 6.07) is 7.46. The molecule has 3 atom stereocenters. The molecule has 0 saturated carbocycles. The van der Waals surface area contributed by atoms with E-state index in [1.54, 1.807) is 30.3 Å². The first kappa shape index (κ1) is 17.3. The molecule has 3 unspecified atom stereocenters. The van der Waals surface area contributed by atoms with E-state index in [9.17, 15) is 26.3 Å². The van der Waals surface area contributed by atoms with Crippen LogP contribution in [0.3, 0.4) is 0 Å². The lowest BCUT2D eigenvalue weighted by molar-refractivity contribution is -0.225. The molecule has 116 valence electrons. The molecule has 2 nitrogen and oxygen atoms in total. The van der Waals surface area contributed by atoms with Gasteiger partial charge in [0.2, 0.25) is 0 Å². The predicted octanol–water partition coefficient (Wildman–Crippen LogP) is 3.45. The molecule has 0 bridgehead atoms. The second-order valence-corrected chi connectivity index (χ2v) is 4.32. The van der Waals surface area contributed by atoms with Gasteiger partial charge in [0.05, 0.1) is 6.07 Å². The van der Waals surface area contributed by atoms with Crippen LogP contribution in [0.25, 0.3) is 0 Å². The highest BCUT2D eigenvalue weighted by Gasteiger charge is 2.53. The normalized spacial score (nSPS) is 16.3. The maximum absolute atomic E-state index is 13.7. The van der Waals surface area contributed by atoms with Crippen molar-refractivity contribution in [3.63, 3.8) is 0 Å². The Labute approximate surface area is 117 Å². The Kier molecular flexibility index (Phi) is 6.03. The van der Waals surface area contributed by atoms with Gasteiger partial charge in [-0.3, -0.25) is 5.32 Å². The van der Waals surface area contributed by atoms with E-state index in [-0.39, 0.29) is 6.54 Å². The quantitative estimate of drug-likeness (QED) is 0.817. The van der Waals surface area contributed by atoms with Crippen molar-refractivity contribution in [3.8, 4) is 6.07 Å². The molecule has 0 spiro atoms. The van der Waals surface area contributed by atoms with Gasteiger partial charge < -0.3 is 0 Å². The number of nitriles is 1. The monoisotopic (exact) mass is 310 g/mol. The van der Waals surface area contributed by atoms with E-state index in [2.05, 4.69) is 5.32 Å². The summed E-state index contributed by atoms with van der Waals surface area (Å²) in [5.41, 5.74) is 0.588. The SMILES string of the molecule is N#CC(NCc1ccccc1)C(F)C(C(F)F)C(F)(F)F. The van der Waals surface area contributed by atoms with Crippen LogP contribution < -0.4 is 5.32 Å². The van der Waals surface area contributed by atoms with Crippen molar-refractivity contribution in [3.05, 3.63) is 35.9 Å². The molecule has 1 aromatic rings. The first-order valence-corrected chi connectivity index (χ1v) is 5.93. The minimum atomic E-state index is -5.42. The summed E-state index contributed by atoms with van der Waals surface area (Å²) in [6.45, 7) is -0.104. The number of benzene rings is 1. The highest BCUT2D eigenvalue weighted by molar-refractivity contribution is 5.15. The van der Waals surface area contributed by atoms with E-state index in [0.29, 0.717) is 5.56 Å². The van der Waals surface area contributed by atoms with E-state index in [0.717, 1.165) is 0 Å². The van der Waals surface area contributed by atoms with Gasteiger partial charge in [0.25, 0.3) is 6.43 Å². The molecule has 0 aromatic heterocycles. The Hall–Kier alpha value is -1.75. The number of hydrogen-bond acceptors (Lipinski definition) is 2. The number of nitrogens with one attached hydrogen (secondary N) is 1. The fourth-order valence-electron chi connectivity index (χ4n) is 1.72. The summed E-state index contributed by atoms with van der Waals surface area (Å²) in [4.78, 5) is 0. The zero-order chi connectivity index (χ0) is 16.0. The van der Waals surface area contributed by atoms with E-state index in [1.807, 2.05) is 0 Å². The van der Waals surface area contributed by atoms with E-state index in [4.69, 9.17) is 5.26 Å². The predicted molar refractivity (Wildman–Crippen MR) is 63.1 cm³/mol. The van der Waals surface area contributed by atoms with E-state index < -0.39 is 30.7 Å². The number of nitrogens with zero attached hydrogens (tertiary/aromatic N) is 1. The van der Waals surface area contributed by atoms with Gasteiger partial charge in [0.1, 0.15) is 18.1 Å². The molecule has 0 radical (unpaired) electrons. The van der Waals surface area contributed by atoms with E-state index >= 15 is 0 Å². The van der Waals surface area contributed by atoms with Gasteiger partial charge in [-0.05, 0) is 5.56 Å². The van der Waals surface area contributed by atoms with Crippen LogP contribution in [0.1, 0.15) is 5.56 Å². The van der Waals surface area contributed by atoms with Crippen molar-refractivity contribution >= 4 is 0 Å². The van der Waals surface area contributed by atoms with Gasteiger partial charge in [-0.1, -0.05) is 30.3 Å². The second-order valence-electron chi connectivity index (χ2n) is 4.32. The van der Waals surface area contributed by atoms with Crippen LogP contribution in [0.15, 0.2) is 30.3 Å². The second kappa shape index (κ2) is 7.31. The van der Waals surface area contributed by atoms with Gasteiger partial charge >= 0.3 is 6.18 Å². The maximum Gasteiger partial charge on any atom is 0.400 e. The number of alkyl halides is 6. The minimum Gasteiger partial charge on any atom is -0.295 e.